The van der Waals surface area contributed by atoms with Crippen molar-refractivity contribution in [3.8, 4) is 17.0 Å². The first-order valence-corrected chi connectivity index (χ1v) is 8.53. The second-order valence-electron chi connectivity index (χ2n) is 6.51. The Kier molecular flexibility index (Phi) is 4.02. The number of fused-ring (bicyclic) bond motifs is 3. The molecule has 0 saturated carbocycles. The van der Waals surface area contributed by atoms with Gasteiger partial charge in [-0.15, -0.1) is 0 Å². The minimum atomic E-state index is -0.424. The van der Waals surface area contributed by atoms with Gasteiger partial charge in [0.25, 0.3) is 0 Å². The molecule has 0 unspecified atom stereocenters. The van der Waals surface area contributed by atoms with E-state index in [0.29, 0.717) is 31.1 Å². The quantitative estimate of drug-likeness (QED) is 0.900. The Bertz CT molecular complexity index is 876. The molecule has 0 bridgehead atoms. The summed E-state index contributed by atoms with van der Waals surface area (Å²) in [5.74, 6) is 0.558. The molecule has 1 aromatic heterocycles. The normalized spacial score (nSPS) is 18.5. The van der Waals surface area contributed by atoms with E-state index in [9.17, 15) is 9.59 Å². The van der Waals surface area contributed by atoms with Crippen molar-refractivity contribution in [2.45, 2.75) is 19.4 Å². The number of carbonyl (C=O) groups excluding carboxylic acids is 2. The molecule has 1 aromatic carbocycles. The van der Waals surface area contributed by atoms with Crippen LogP contribution in [0.15, 0.2) is 24.4 Å². The van der Waals surface area contributed by atoms with Gasteiger partial charge in [-0.1, -0.05) is 0 Å². The SMILES string of the molecule is CC(=O)NC[C@H]1CN(c2ccc3c(c2)OCCc2cn(C)nc2-3)C(=O)O1. The summed E-state index contributed by atoms with van der Waals surface area (Å²) in [7, 11) is 1.90. The number of nitrogens with zero attached hydrogens (tertiary/aromatic N) is 3. The molecule has 8 nitrogen and oxygen atoms in total. The summed E-state index contributed by atoms with van der Waals surface area (Å²) in [5.41, 5.74) is 3.69. The Morgan fingerprint density at radius 2 is 2.27 bits per heavy atom. The zero-order valence-electron chi connectivity index (χ0n) is 14.7. The van der Waals surface area contributed by atoms with Crippen LogP contribution in [0, 0.1) is 0 Å². The predicted molar refractivity (Wildman–Crippen MR) is 94.1 cm³/mol. The van der Waals surface area contributed by atoms with E-state index in [1.54, 1.807) is 9.58 Å². The van der Waals surface area contributed by atoms with Crippen LogP contribution < -0.4 is 15.0 Å². The van der Waals surface area contributed by atoms with Gasteiger partial charge in [0.15, 0.2) is 0 Å². The summed E-state index contributed by atoms with van der Waals surface area (Å²) in [5, 5.41) is 7.21. The van der Waals surface area contributed by atoms with E-state index in [1.165, 1.54) is 6.92 Å². The molecule has 26 heavy (non-hydrogen) atoms. The molecule has 2 aliphatic rings. The van der Waals surface area contributed by atoms with Crippen LogP contribution in [0.4, 0.5) is 10.5 Å². The van der Waals surface area contributed by atoms with Crippen molar-refractivity contribution in [3.63, 3.8) is 0 Å². The molecular formula is C18H20N4O4. The van der Waals surface area contributed by atoms with Crippen molar-refractivity contribution in [1.82, 2.24) is 15.1 Å². The third-order valence-corrected chi connectivity index (χ3v) is 4.52. The Hall–Kier alpha value is -3.03. The molecule has 2 aliphatic heterocycles. The fourth-order valence-electron chi connectivity index (χ4n) is 3.31. The lowest BCUT2D eigenvalue weighted by atomic mass is 10.1. The summed E-state index contributed by atoms with van der Waals surface area (Å²) in [6.07, 6.45) is 2.00. The van der Waals surface area contributed by atoms with Crippen molar-refractivity contribution >= 4 is 17.7 Å². The van der Waals surface area contributed by atoms with Crippen LogP contribution in [0.3, 0.4) is 0 Å². The number of carbonyl (C=O) groups is 2. The molecule has 1 saturated heterocycles. The molecule has 0 aliphatic carbocycles. The average Bonchev–Trinajstić information content (AvgIpc) is 3.11. The van der Waals surface area contributed by atoms with Crippen molar-refractivity contribution in [1.29, 1.82) is 0 Å². The lowest BCUT2D eigenvalue weighted by Gasteiger charge is -2.16. The minimum absolute atomic E-state index is 0.149. The summed E-state index contributed by atoms with van der Waals surface area (Å²) in [4.78, 5) is 24.8. The molecule has 1 atom stereocenters. The third-order valence-electron chi connectivity index (χ3n) is 4.52. The summed E-state index contributed by atoms with van der Waals surface area (Å²) in [6.45, 7) is 2.68. The van der Waals surface area contributed by atoms with Gasteiger partial charge in [-0.05, 0) is 12.1 Å². The summed E-state index contributed by atoms with van der Waals surface area (Å²) in [6, 6.07) is 5.64. The number of anilines is 1. The van der Waals surface area contributed by atoms with Crippen LogP contribution in [0.2, 0.25) is 0 Å². The van der Waals surface area contributed by atoms with E-state index in [1.807, 2.05) is 31.4 Å². The Balaban J connectivity index is 1.59. The van der Waals surface area contributed by atoms with E-state index in [4.69, 9.17) is 9.47 Å². The van der Waals surface area contributed by atoms with Gasteiger partial charge >= 0.3 is 6.09 Å². The standard InChI is InChI=1S/C18H20N4O4/c1-11(23)19-8-14-10-22(18(24)26-14)13-3-4-15-16(7-13)25-6-5-12-9-21(2)20-17(12)15/h3-4,7,9,14H,5-6,8,10H2,1-2H3,(H,19,23)/t14-/m0/s1. The van der Waals surface area contributed by atoms with Crippen LogP contribution in [-0.4, -0.2) is 47.6 Å². The number of ether oxygens (including phenoxy) is 2. The monoisotopic (exact) mass is 356 g/mol. The highest BCUT2D eigenvalue weighted by atomic mass is 16.6. The maximum absolute atomic E-state index is 12.2. The Labute approximate surface area is 150 Å². The number of aryl methyl sites for hydroxylation is 1. The first-order valence-electron chi connectivity index (χ1n) is 8.53. The topological polar surface area (TPSA) is 85.7 Å². The largest absolute Gasteiger partial charge is 0.492 e. The Morgan fingerprint density at radius 1 is 1.42 bits per heavy atom. The number of rotatable bonds is 3. The highest BCUT2D eigenvalue weighted by Crippen LogP contribution is 2.37. The highest BCUT2D eigenvalue weighted by Gasteiger charge is 2.33. The van der Waals surface area contributed by atoms with Gasteiger partial charge in [0.05, 0.1) is 31.1 Å². The van der Waals surface area contributed by atoms with E-state index in [2.05, 4.69) is 10.4 Å². The molecule has 0 spiro atoms. The number of hydrogen-bond acceptors (Lipinski definition) is 5. The molecule has 8 heteroatoms. The van der Waals surface area contributed by atoms with E-state index >= 15 is 0 Å². The lowest BCUT2D eigenvalue weighted by molar-refractivity contribution is -0.119. The van der Waals surface area contributed by atoms with E-state index < -0.39 is 6.09 Å². The lowest BCUT2D eigenvalue weighted by Crippen LogP contribution is -2.33. The van der Waals surface area contributed by atoms with Gasteiger partial charge in [0.1, 0.15) is 11.9 Å². The van der Waals surface area contributed by atoms with E-state index in [-0.39, 0.29) is 12.0 Å². The maximum atomic E-state index is 12.2. The number of aromatic nitrogens is 2. The molecule has 136 valence electrons. The van der Waals surface area contributed by atoms with Crippen LogP contribution in [0.25, 0.3) is 11.3 Å². The smallest absolute Gasteiger partial charge is 0.414 e. The number of cyclic esters (lactones) is 1. The van der Waals surface area contributed by atoms with Gasteiger partial charge in [-0.3, -0.25) is 14.4 Å². The molecular weight excluding hydrogens is 336 g/mol. The van der Waals surface area contributed by atoms with Crippen LogP contribution >= 0.6 is 0 Å². The van der Waals surface area contributed by atoms with Gasteiger partial charge in [0.2, 0.25) is 5.91 Å². The average molecular weight is 356 g/mol. The zero-order valence-corrected chi connectivity index (χ0v) is 14.7. The van der Waals surface area contributed by atoms with E-state index in [0.717, 1.165) is 23.2 Å². The van der Waals surface area contributed by atoms with Crippen molar-refractivity contribution in [2.24, 2.45) is 7.05 Å². The fraction of sp³-hybridized carbons (Fsp3) is 0.389. The van der Waals surface area contributed by atoms with Crippen LogP contribution in [0.5, 0.6) is 5.75 Å². The van der Waals surface area contributed by atoms with Crippen LogP contribution in [0.1, 0.15) is 12.5 Å². The molecule has 2 aromatic rings. The van der Waals surface area contributed by atoms with Crippen molar-refractivity contribution < 1.29 is 19.1 Å². The second kappa shape index (κ2) is 6.36. The van der Waals surface area contributed by atoms with Gasteiger partial charge in [-0.2, -0.15) is 5.10 Å². The number of hydrogen-bond donors (Lipinski definition) is 1. The van der Waals surface area contributed by atoms with Gasteiger partial charge in [-0.25, -0.2) is 4.79 Å². The number of nitrogens with one attached hydrogen (secondary N) is 1. The molecule has 0 radical (unpaired) electrons. The molecule has 4 rings (SSSR count). The highest BCUT2D eigenvalue weighted by molar-refractivity contribution is 5.91. The molecule has 3 heterocycles. The zero-order chi connectivity index (χ0) is 18.3. The van der Waals surface area contributed by atoms with Gasteiger partial charge in [0, 0.05) is 43.8 Å². The first-order chi connectivity index (χ1) is 12.5. The number of amides is 2. The number of benzene rings is 1. The fourth-order valence-corrected chi connectivity index (χ4v) is 3.31. The molecule has 1 N–H and O–H groups in total. The third kappa shape index (κ3) is 2.98. The molecule has 2 amide bonds. The van der Waals surface area contributed by atoms with Gasteiger partial charge < -0.3 is 14.8 Å². The van der Waals surface area contributed by atoms with Crippen LogP contribution in [-0.2, 0) is 23.0 Å². The molecule has 1 fully saturated rings. The summed E-state index contributed by atoms with van der Waals surface area (Å²) < 4.78 is 13.0. The minimum Gasteiger partial charge on any atom is -0.492 e. The maximum Gasteiger partial charge on any atom is 0.414 e. The predicted octanol–water partition coefficient (Wildman–Crippen LogP) is 1.48. The summed E-state index contributed by atoms with van der Waals surface area (Å²) >= 11 is 0. The van der Waals surface area contributed by atoms with Crippen molar-refractivity contribution in [2.75, 3.05) is 24.6 Å². The second-order valence-corrected chi connectivity index (χ2v) is 6.51. The Morgan fingerprint density at radius 3 is 3.08 bits per heavy atom. The first kappa shape index (κ1) is 16.4. The van der Waals surface area contributed by atoms with Crippen molar-refractivity contribution in [3.05, 3.63) is 30.0 Å².